The molecule has 1 nitrogen and oxygen atoms in total. The molecule has 56 valence electrons. The second-order valence-corrected chi connectivity index (χ2v) is 2.19. The van der Waals surface area contributed by atoms with Crippen molar-refractivity contribution in [1.29, 1.82) is 0 Å². The summed E-state index contributed by atoms with van der Waals surface area (Å²) in [7, 11) is 1.65. The molecule has 0 aliphatic rings. The molecule has 0 rings (SSSR count). The van der Waals surface area contributed by atoms with Gasteiger partial charge in [-0.05, 0) is 19.9 Å². The smallest absolute Gasteiger partial charge is 0.0924 e. The first-order valence-electron chi connectivity index (χ1n) is 3.21. The summed E-state index contributed by atoms with van der Waals surface area (Å²) in [4.78, 5) is 0. The molecule has 0 aromatic carbocycles. The van der Waals surface area contributed by atoms with Crippen molar-refractivity contribution in [2.75, 3.05) is 7.11 Å². The molecule has 0 saturated carbocycles. The molecule has 0 amide bonds. The molecule has 0 N–H and O–H groups in total. The third-order valence-corrected chi connectivity index (χ3v) is 1.03. The van der Waals surface area contributed by atoms with Gasteiger partial charge in [-0.3, -0.25) is 0 Å². The van der Waals surface area contributed by atoms with Crippen molar-refractivity contribution in [3.63, 3.8) is 0 Å². The van der Waals surface area contributed by atoms with E-state index >= 15 is 0 Å². The van der Waals surface area contributed by atoms with Gasteiger partial charge in [-0.2, -0.15) is 0 Å². The SMILES string of the molecule is C=C(C)/C=C\C=C(/C)OC. The molecule has 1 heteroatoms. The molecule has 0 aromatic heterocycles. The van der Waals surface area contributed by atoms with Crippen LogP contribution in [0.5, 0.6) is 0 Å². The van der Waals surface area contributed by atoms with Crippen LogP contribution in [-0.4, -0.2) is 7.11 Å². The predicted octanol–water partition coefficient (Wildman–Crippen LogP) is 2.67. The average molecular weight is 138 g/mol. The summed E-state index contributed by atoms with van der Waals surface area (Å²) in [6, 6.07) is 0. The Balaban J connectivity index is 3.82. The summed E-state index contributed by atoms with van der Waals surface area (Å²) in [5, 5.41) is 0. The topological polar surface area (TPSA) is 9.23 Å². The van der Waals surface area contributed by atoms with Crippen LogP contribution in [0.3, 0.4) is 0 Å². The van der Waals surface area contributed by atoms with Crippen molar-refractivity contribution in [2.24, 2.45) is 0 Å². The Morgan fingerprint density at radius 3 is 2.40 bits per heavy atom. The van der Waals surface area contributed by atoms with Gasteiger partial charge in [0, 0.05) is 0 Å². The summed E-state index contributed by atoms with van der Waals surface area (Å²) in [6.45, 7) is 7.58. The number of allylic oxidation sites excluding steroid dienone is 5. The van der Waals surface area contributed by atoms with Crippen LogP contribution < -0.4 is 0 Å². The van der Waals surface area contributed by atoms with E-state index in [9.17, 15) is 0 Å². The lowest BCUT2D eigenvalue weighted by Gasteiger charge is -1.93. The van der Waals surface area contributed by atoms with Gasteiger partial charge in [-0.15, -0.1) is 0 Å². The molecule has 0 heterocycles. The molecule has 0 spiro atoms. The van der Waals surface area contributed by atoms with Crippen LogP contribution in [0.4, 0.5) is 0 Å². The third kappa shape index (κ3) is 5.16. The number of rotatable bonds is 3. The third-order valence-electron chi connectivity index (χ3n) is 1.03. The molecule has 0 aliphatic carbocycles. The zero-order chi connectivity index (χ0) is 7.98. The highest BCUT2D eigenvalue weighted by molar-refractivity contribution is 5.17. The van der Waals surface area contributed by atoms with Crippen LogP contribution in [-0.2, 0) is 4.74 Å². The summed E-state index contributed by atoms with van der Waals surface area (Å²) in [5.41, 5.74) is 1.04. The van der Waals surface area contributed by atoms with E-state index in [4.69, 9.17) is 4.74 Å². The largest absolute Gasteiger partial charge is 0.501 e. The van der Waals surface area contributed by atoms with Crippen molar-refractivity contribution in [3.05, 3.63) is 36.1 Å². The Labute approximate surface area is 62.7 Å². The number of hydrogen-bond donors (Lipinski definition) is 0. The van der Waals surface area contributed by atoms with Crippen LogP contribution in [0.1, 0.15) is 13.8 Å². The van der Waals surface area contributed by atoms with E-state index in [0.29, 0.717) is 0 Å². The standard InChI is InChI=1S/C9H14O/c1-8(2)6-5-7-9(3)10-4/h5-7H,1H2,2-4H3/b6-5-,9-7+. The van der Waals surface area contributed by atoms with Gasteiger partial charge in [0.1, 0.15) is 0 Å². The fourth-order valence-electron chi connectivity index (χ4n) is 0.416. The van der Waals surface area contributed by atoms with Crippen LogP contribution in [0.15, 0.2) is 36.1 Å². The summed E-state index contributed by atoms with van der Waals surface area (Å²) in [5.74, 6) is 0.900. The highest BCUT2D eigenvalue weighted by atomic mass is 16.5. The normalized spacial score (nSPS) is 12.1. The minimum atomic E-state index is 0.900. The summed E-state index contributed by atoms with van der Waals surface area (Å²) >= 11 is 0. The molecular weight excluding hydrogens is 124 g/mol. The van der Waals surface area contributed by atoms with E-state index < -0.39 is 0 Å². The molecule has 0 fully saturated rings. The number of hydrogen-bond acceptors (Lipinski definition) is 1. The molecule has 0 atom stereocenters. The number of ether oxygens (including phenoxy) is 1. The van der Waals surface area contributed by atoms with Gasteiger partial charge >= 0.3 is 0 Å². The van der Waals surface area contributed by atoms with Gasteiger partial charge in [0.2, 0.25) is 0 Å². The zero-order valence-corrected chi connectivity index (χ0v) is 6.85. The van der Waals surface area contributed by atoms with Crippen LogP contribution in [0.25, 0.3) is 0 Å². The molecule has 0 radical (unpaired) electrons. The Hall–Kier alpha value is -0.980. The van der Waals surface area contributed by atoms with Crippen LogP contribution in [0.2, 0.25) is 0 Å². The second-order valence-electron chi connectivity index (χ2n) is 2.19. The minimum Gasteiger partial charge on any atom is -0.501 e. The maximum absolute atomic E-state index is 4.91. The number of methoxy groups -OCH3 is 1. The summed E-state index contributed by atoms with van der Waals surface area (Å²) < 4.78 is 4.91. The van der Waals surface area contributed by atoms with Gasteiger partial charge in [0.05, 0.1) is 12.9 Å². The molecule has 0 unspecified atom stereocenters. The van der Waals surface area contributed by atoms with Gasteiger partial charge in [0.25, 0.3) is 0 Å². The predicted molar refractivity (Wildman–Crippen MR) is 44.7 cm³/mol. The lowest BCUT2D eigenvalue weighted by Crippen LogP contribution is -1.75. The first-order valence-corrected chi connectivity index (χ1v) is 3.21. The van der Waals surface area contributed by atoms with E-state index in [2.05, 4.69) is 6.58 Å². The van der Waals surface area contributed by atoms with Crippen molar-refractivity contribution >= 4 is 0 Å². The fraction of sp³-hybridized carbons (Fsp3) is 0.333. The second kappa shape index (κ2) is 4.86. The van der Waals surface area contributed by atoms with Gasteiger partial charge in [0.15, 0.2) is 0 Å². The maximum Gasteiger partial charge on any atom is 0.0924 e. The van der Waals surface area contributed by atoms with Crippen molar-refractivity contribution in [1.82, 2.24) is 0 Å². The van der Waals surface area contributed by atoms with E-state index in [1.54, 1.807) is 7.11 Å². The van der Waals surface area contributed by atoms with Crippen molar-refractivity contribution in [2.45, 2.75) is 13.8 Å². The minimum absolute atomic E-state index is 0.900. The molecular formula is C9H14O. The van der Waals surface area contributed by atoms with Gasteiger partial charge in [-0.1, -0.05) is 24.3 Å². The van der Waals surface area contributed by atoms with E-state index in [1.807, 2.05) is 32.1 Å². The first kappa shape index (κ1) is 9.02. The van der Waals surface area contributed by atoms with Crippen molar-refractivity contribution in [3.8, 4) is 0 Å². The molecule has 0 bridgehead atoms. The Kier molecular flexibility index (Phi) is 4.38. The van der Waals surface area contributed by atoms with Crippen molar-refractivity contribution < 1.29 is 4.74 Å². The Morgan fingerprint density at radius 1 is 1.40 bits per heavy atom. The van der Waals surface area contributed by atoms with Gasteiger partial charge in [-0.25, -0.2) is 0 Å². The fourth-order valence-corrected chi connectivity index (χ4v) is 0.416. The highest BCUT2D eigenvalue weighted by Crippen LogP contribution is 1.94. The maximum atomic E-state index is 4.91. The van der Waals surface area contributed by atoms with E-state index in [0.717, 1.165) is 11.3 Å². The first-order chi connectivity index (χ1) is 4.66. The van der Waals surface area contributed by atoms with Crippen LogP contribution in [0, 0.1) is 0 Å². The monoisotopic (exact) mass is 138 g/mol. The Bertz CT molecular complexity index is 164. The molecule has 0 aromatic rings. The summed E-state index contributed by atoms with van der Waals surface area (Å²) in [6.07, 6.45) is 5.75. The highest BCUT2D eigenvalue weighted by Gasteiger charge is 1.77. The lowest BCUT2D eigenvalue weighted by molar-refractivity contribution is 0.294. The quantitative estimate of drug-likeness (QED) is 0.430. The van der Waals surface area contributed by atoms with Gasteiger partial charge < -0.3 is 4.74 Å². The van der Waals surface area contributed by atoms with E-state index in [-0.39, 0.29) is 0 Å². The van der Waals surface area contributed by atoms with Crippen LogP contribution >= 0.6 is 0 Å². The average Bonchev–Trinajstić information content (AvgIpc) is 1.87. The van der Waals surface area contributed by atoms with E-state index in [1.165, 1.54) is 0 Å². The Morgan fingerprint density at radius 2 is 2.00 bits per heavy atom. The molecule has 0 aliphatic heterocycles. The lowest BCUT2D eigenvalue weighted by atomic mass is 10.3. The molecule has 0 saturated heterocycles. The zero-order valence-electron chi connectivity index (χ0n) is 6.85. The molecule has 10 heavy (non-hydrogen) atoms.